The van der Waals surface area contributed by atoms with Crippen LogP contribution in [0, 0.1) is 6.42 Å². The van der Waals surface area contributed by atoms with E-state index in [9.17, 15) is 0 Å². The van der Waals surface area contributed by atoms with Crippen molar-refractivity contribution in [2.45, 2.75) is 31.8 Å². The van der Waals surface area contributed by atoms with Crippen LogP contribution in [-0.2, 0) is 9.47 Å². The lowest BCUT2D eigenvalue weighted by molar-refractivity contribution is -0.128. The Morgan fingerprint density at radius 3 is 3.00 bits per heavy atom. The standard InChI is InChI=1S/C8H15O3/c9-6-10-7-11-8-4-2-1-3-5-8/h4,8-9H,1-3,5-7H2. The Labute approximate surface area is 67.3 Å². The lowest BCUT2D eigenvalue weighted by Crippen LogP contribution is -2.19. The van der Waals surface area contributed by atoms with Crippen molar-refractivity contribution < 1.29 is 14.6 Å². The largest absolute Gasteiger partial charge is 0.371 e. The molecule has 0 aromatic heterocycles. The minimum atomic E-state index is -0.257. The Morgan fingerprint density at radius 1 is 1.45 bits per heavy atom. The molecule has 11 heavy (non-hydrogen) atoms. The predicted octanol–water partition coefficient (Wildman–Crippen LogP) is 1.07. The molecule has 0 bridgehead atoms. The molecular formula is C8H15O3. The summed E-state index contributed by atoms with van der Waals surface area (Å²) in [4.78, 5) is 0. The quantitative estimate of drug-likeness (QED) is 0.492. The van der Waals surface area contributed by atoms with Crippen LogP contribution in [0.2, 0.25) is 0 Å². The Hall–Kier alpha value is -0.120. The molecule has 0 amide bonds. The summed E-state index contributed by atoms with van der Waals surface area (Å²) in [7, 11) is 0. The first-order chi connectivity index (χ1) is 5.43. The molecule has 1 aliphatic carbocycles. The molecule has 1 N–H and O–H groups in total. The van der Waals surface area contributed by atoms with Gasteiger partial charge in [-0.2, -0.15) is 0 Å². The van der Waals surface area contributed by atoms with E-state index in [-0.39, 0.29) is 19.7 Å². The van der Waals surface area contributed by atoms with E-state index in [1.54, 1.807) is 0 Å². The molecule has 0 aliphatic heterocycles. The van der Waals surface area contributed by atoms with Crippen molar-refractivity contribution in [2.24, 2.45) is 0 Å². The molecule has 1 fully saturated rings. The van der Waals surface area contributed by atoms with E-state index in [0.717, 1.165) is 12.8 Å². The second-order valence-corrected chi connectivity index (χ2v) is 2.68. The third-order valence-corrected chi connectivity index (χ3v) is 1.83. The monoisotopic (exact) mass is 159 g/mol. The number of aliphatic hydroxyl groups is 1. The summed E-state index contributed by atoms with van der Waals surface area (Å²) in [6, 6.07) is 0. The number of hydrogen-bond acceptors (Lipinski definition) is 3. The topological polar surface area (TPSA) is 38.7 Å². The van der Waals surface area contributed by atoms with E-state index in [4.69, 9.17) is 9.84 Å². The third-order valence-electron chi connectivity index (χ3n) is 1.83. The fraction of sp³-hybridized carbons (Fsp3) is 0.875. The summed E-state index contributed by atoms with van der Waals surface area (Å²) >= 11 is 0. The van der Waals surface area contributed by atoms with Crippen LogP contribution in [0.1, 0.15) is 25.7 Å². The predicted molar refractivity (Wildman–Crippen MR) is 40.7 cm³/mol. The van der Waals surface area contributed by atoms with E-state index in [0.29, 0.717) is 0 Å². The minimum Gasteiger partial charge on any atom is -0.371 e. The van der Waals surface area contributed by atoms with Gasteiger partial charge in [0.25, 0.3) is 0 Å². The minimum absolute atomic E-state index is 0.206. The molecule has 0 heterocycles. The summed E-state index contributed by atoms with van der Waals surface area (Å²) in [6.07, 6.45) is 7.17. The molecule has 0 saturated heterocycles. The average Bonchev–Trinajstić information content (AvgIpc) is 2.07. The maximum Gasteiger partial charge on any atom is 0.149 e. The zero-order chi connectivity index (χ0) is 7.94. The van der Waals surface area contributed by atoms with E-state index < -0.39 is 0 Å². The van der Waals surface area contributed by atoms with Gasteiger partial charge in [0, 0.05) is 0 Å². The van der Waals surface area contributed by atoms with E-state index in [1.807, 2.05) is 0 Å². The van der Waals surface area contributed by atoms with Crippen LogP contribution in [0.15, 0.2) is 0 Å². The molecule has 0 spiro atoms. The van der Waals surface area contributed by atoms with Crippen molar-refractivity contribution in [3.63, 3.8) is 0 Å². The highest BCUT2D eigenvalue weighted by molar-refractivity contribution is 4.81. The molecule has 1 unspecified atom stereocenters. The van der Waals surface area contributed by atoms with Crippen molar-refractivity contribution in [1.29, 1.82) is 0 Å². The third kappa shape index (κ3) is 3.70. The molecule has 0 aromatic carbocycles. The van der Waals surface area contributed by atoms with Crippen molar-refractivity contribution >= 4 is 0 Å². The van der Waals surface area contributed by atoms with Gasteiger partial charge >= 0.3 is 0 Å². The fourth-order valence-electron chi connectivity index (χ4n) is 1.24. The van der Waals surface area contributed by atoms with Gasteiger partial charge in [0.15, 0.2) is 0 Å². The highest BCUT2D eigenvalue weighted by Crippen LogP contribution is 2.18. The van der Waals surface area contributed by atoms with Crippen LogP contribution in [0.25, 0.3) is 0 Å². The average molecular weight is 159 g/mol. The Balaban J connectivity index is 1.96. The van der Waals surface area contributed by atoms with Gasteiger partial charge in [-0.3, -0.25) is 0 Å². The molecule has 1 rings (SSSR count). The van der Waals surface area contributed by atoms with Gasteiger partial charge in [0.1, 0.15) is 13.6 Å². The van der Waals surface area contributed by atoms with Gasteiger partial charge in [0.05, 0.1) is 6.10 Å². The summed E-state index contributed by atoms with van der Waals surface area (Å²) < 4.78 is 9.94. The molecule has 1 aliphatic rings. The highest BCUT2D eigenvalue weighted by Gasteiger charge is 2.13. The van der Waals surface area contributed by atoms with Crippen molar-refractivity contribution in [1.82, 2.24) is 0 Å². The van der Waals surface area contributed by atoms with Crippen molar-refractivity contribution in [3.8, 4) is 0 Å². The molecule has 3 nitrogen and oxygen atoms in total. The molecule has 1 saturated carbocycles. The first kappa shape index (κ1) is 8.97. The molecule has 1 radical (unpaired) electrons. The lowest BCUT2D eigenvalue weighted by atomic mass is 9.98. The van der Waals surface area contributed by atoms with Crippen molar-refractivity contribution in [2.75, 3.05) is 13.6 Å². The van der Waals surface area contributed by atoms with Crippen molar-refractivity contribution in [3.05, 3.63) is 6.42 Å². The molecule has 3 heteroatoms. The first-order valence-electron chi connectivity index (χ1n) is 4.07. The van der Waals surface area contributed by atoms with Crippen LogP contribution >= 0.6 is 0 Å². The first-order valence-corrected chi connectivity index (χ1v) is 4.07. The maximum atomic E-state index is 8.28. The van der Waals surface area contributed by atoms with Gasteiger partial charge in [-0.1, -0.05) is 12.8 Å². The normalized spacial score (nSPS) is 20.5. The summed E-state index contributed by atoms with van der Waals surface area (Å²) in [5.41, 5.74) is 0. The van der Waals surface area contributed by atoms with E-state index in [2.05, 4.69) is 11.2 Å². The van der Waals surface area contributed by atoms with E-state index >= 15 is 0 Å². The molecule has 65 valence electrons. The molecule has 0 aromatic rings. The molecular weight excluding hydrogens is 144 g/mol. The van der Waals surface area contributed by atoms with Crippen LogP contribution in [0.4, 0.5) is 0 Å². The summed E-state index contributed by atoms with van der Waals surface area (Å²) in [5.74, 6) is 0. The van der Waals surface area contributed by atoms with Gasteiger partial charge in [-0.15, -0.1) is 0 Å². The number of hydrogen-bond donors (Lipinski definition) is 1. The number of rotatable bonds is 4. The zero-order valence-corrected chi connectivity index (χ0v) is 6.66. The van der Waals surface area contributed by atoms with E-state index in [1.165, 1.54) is 12.8 Å². The summed E-state index contributed by atoms with van der Waals surface area (Å²) in [6.45, 7) is -0.0512. The fourth-order valence-corrected chi connectivity index (χ4v) is 1.24. The van der Waals surface area contributed by atoms with Gasteiger partial charge in [-0.05, 0) is 19.3 Å². The van der Waals surface area contributed by atoms with Crippen LogP contribution in [-0.4, -0.2) is 24.8 Å². The lowest BCUT2D eigenvalue weighted by Gasteiger charge is -2.20. The van der Waals surface area contributed by atoms with Crippen LogP contribution in [0.5, 0.6) is 0 Å². The van der Waals surface area contributed by atoms with Gasteiger partial charge in [-0.25, -0.2) is 0 Å². The maximum absolute atomic E-state index is 8.28. The second-order valence-electron chi connectivity index (χ2n) is 2.68. The smallest absolute Gasteiger partial charge is 0.149 e. The summed E-state index contributed by atoms with van der Waals surface area (Å²) in [5, 5.41) is 8.28. The van der Waals surface area contributed by atoms with Crippen LogP contribution < -0.4 is 0 Å². The highest BCUT2D eigenvalue weighted by atomic mass is 16.7. The Kier molecular flexibility index (Phi) is 4.50. The number of aliphatic hydroxyl groups excluding tert-OH is 1. The second kappa shape index (κ2) is 5.52. The van der Waals surface area contributed by atoms with Gasteiger partial charge in [0.2, 0.25) is 0 Å². The molecule has 1 atom stereocenters. The van der Waals surface area contributed by atoms with Gasteiger partial charge < -0.3 is 14.6 Å². The zero-order valence-electron chi connectivity index (χ0n) is 6.66. The SMILES string of the molecule is OCOCOC1[CH]CCCC1. The van der Waals surface area contributed by atoms with Crippen LogP contribution in [0.3, 0.4) is 0 Å². The Bertz CT molecular complexity index is 89.3. The Morgan fingerprint density at radius 2 is 2.36 bits per heavy atom. The number of ether oxygens (including phenoxy) is 2.